The maximum absolute atomic E-state index is 11.4. The lowest BCUT2D eigenvalue weighted by Crippen LogP contribution is -2.37. The second kappa shape index (κ2) is 11.0. The molecule has 0 aromatic heterocycles. The van der Waals surface area contributed by atoms with Gasteiger partial charge in [0.05, 0.1) is 20.8 Å². The van der Waals surface area contributed by atoms with E-state index in [0.717, 1.165) is 5.56 Å². The van der Waals surface area contributed by atoms with Crippen LogP contribution in [0.1, 0.15) is 19.4 Å². The lowest BCUT2D eigenvalue weighted by atomic mass is 10.2. The van der Waals surface area contributed by atoms with E-state index in [1.165, 1.54) is 7.11 Å². The summed E-state index contributed by atoms with van der Waals surface area (Å²) >= 11 is 0. The summed E-state index contributed by atoms with van der Waals surface area (Å²) in [5.74, 6) is 0.895. The Labute approximate surface area is 156 Å². The SMILES string of the molecule is COC(=O)CN(C)Cc1ccc(OC)c(OCC(O)CN(C)C(C)C)c1. The fourth-order valence-electron chi connectivity index (χ4n) is 2.37. The fraction of sp³-hybridized carbons (Fsp3) is 0.632. The molecule has 0 heterocycles. The van der Waals surface area contributed by atoms with Gasteiger partial charge in [-0.3, -0.25) is 9.69 Å². The highest BCUT2D eigenvalue weighted by atomic mass is 16.5. The number of likely N-dealkylation sites (N-methyl/N-ethyl adjacent to an activating group) is 2. The van der Waals surface area contributed by atoms with Gasteiger partial charge in [-0.25, -0.2) is 0 Å². The van der Waals surface area contributed by atoms with Crippen molar-refractivity contribution in [2.75, 3.05) is 48.0 Å². The van der Waals surface area contributed by atoms with E-state index in [-0.39, 0.29) is 19.1 Å². The van der Waals surface area contributed by atoms with Crippen LogP contribution in [-0.4, -0.2) is 81.0 Å². The Morgan fingerprint density at radius 2 is 1.88 bits per heavy atom. The minimum atomic E-state index is -0.599. The first kappa shape index (κ1) is 22.2. The number of benzene rings is 1. The smallest absolute Gasteiger partial charge is 0.319 e. The monoisotopic (exact) mass is 368 g/mol. The average Bonchev–Trinajstić information content (AvgIpc) is 2.59. The standard InChI is InChI=1S/C19H32N2O5/c1-14(2)21(4)11-16(22)13-26-18-9-15(7-8-17(18)24-5)10-20(3)12-19(23)25-6/h7-9,14,16,22H,10-13H2,1-6H3. The molecule has 0 radical (unpaired) electrons. The number of hydrogen-bond donors (Lipinski definition) is 1. The molecule has 0 aliphatic rings. The molecule has 0 saturated heterocycles. The molecule has 0 amide bonds. The first-order valence-electron chi connectivity index (χ1n) is 8.70. The van der Waals surface area contributed by atoms with Crippen LogP contribution in [-0.2, 0) is 16.1 Å². The van der Waals surface area contributed by atoms with Gasteiger partial charge in [-0.1, -0.05) is 6.07 Å². The Morgan fingerprint density at radius 3 is 2.46 bits per heavy atom. The molecular weight excluding hydrogens is 336 g/mol. The number of carbonyl (C=O) groups excluding carboxylic acids is 1. The van der Waals surface area contributed by atoms with E-state index < -0.39 is 6.10 Å². The van der Waals surface area contributed by atoms with Crippen molar-refractivity contribution < 1.29 is 24.1 Å². The van der Waals surface area contributed by atoms with Gasteiger partial charge in [0.15, 0.2) is 11.5 Å². The van der Waals surface area contributed by atoms with Crippen LogP contribution in [0.15, 0.2) is 18.2 Å². The van der Waals surface area contributed by atoms with Crippen molar-refractivity contribution >= 4 is 5.97 Å². The Hall–Kier alpha value is -1.83. The Kier molecular flexibility index (Phi) is 9.40. The number of aliphatic hydroxyl groups excluding tert-OH is 1. The molecule has 1 aromatic rings. The van der Waals surface area contributed by atoms with Crippen LogP contribution in [0.3, 0.4) is 0 Å². The number of hydrogen-bond acceptors (Lipinski definition) is 7. The summed E-state index contributed by atoms with van der Waals surface area (Å²) in [7, 11) is 6.76. The maximum Gasteiger partial charge on any atom is 0.319 e. The topological polar surface area (TPSA) is 71.5 Å². The second-order valence-electron chi connectivity index (χ2n) is 6.73. The molecule has 26 heavy (non-hydrogen) atoms. The molecule has 1 aromatic carbocycles. The Balaban J connectivity index is 2.70. The number of aliphatic hydroxyl groups is 1. The molecule has 1 unspecified atom stereocenters. The largest absolute Gasteiger partial charge is 0.493 e. The number of nitrogens with zero attached hydrogens (tertiary/aromatic N) is 2. The van der Waals surface area contributed by atoms with Crippen LogP contribution in [0, 0.1) is 0 Å². The van der Waals surface area contributed by atoms with Crippen molar-refractivity contribution in [2.45, 2.75) is 32.5 Å². The number of rotatable bonds is 11. The van der Waals surface area contributed by atoms with Crippen LogP contribution in [0.4, 0.5) is 0 Å². The number of ether oxygens (including phenoxy) is 3. The average molecular weight is 368 g/mol. The quantitative estimate of drug-likeness (QED) is 0.592. The van der Waals surface area contributed by atoms with E-state index in [1.807, 2.05) is 37.2 Å². The highest BCUT2D eigenvalue weighted by Crippen LogP contribution is 2.28. The highest BCUT2D eigenvalue weighted by molar-refractivity contribution is 5.71. The molecule has 0 aliphatic heterocycles. The van der Waals surface area contributed by atoms with Crippen LogP contribution in [0.25, 0.3) is 0 Å². The first-order valence-corrected chi connectivity index (χ1v) is 8.70. The van der Waals surface area contributed by atoms with Crippen LogP contribution < -0.4 is 9.47 Å². The van der Waals surface area contributed by atoms with E-state index >= 15 is 0 Å². The van der Waals surface area contributed by atoms with Gasteiger partial charge in [0.2, 0.25) is 0 Å². The van der Waals surface area contributed by atoms with E-state index in [0.29, 0.717) is 30.6 Å². The van der Waals surface area contributed by atoms with Crippen molar-refractivity contribution in [1.82, 2.24) is 9.80 Å². The molecule has 0 fully saturated rings. The number of methoxy groups -OCH3 is 2. The van der Waals surface area contributed by atoms with Crippen LogP contribution >= 0.6 is 0 Å². The van der Waals surface area contributed by atoms with Crippen molar-refractivity contribution in [1.29, 1.82) is 0 Å². The predicted octanol–water partition coefficient (Wildman–Crippen LogP) is 1.38. The molecule has 7 nitrogen and oxygen atoms in total. The van der Waals surface area contributed by atoms with Gasteiger partial charge in [-0.05, 0) is 45.6 Å². The zero-order valence-corrected chi connectivity index (χ0v) is 16.7. The molecule has 1 rings (SSSR count). The predicted molar refractivity (Wildman–Crippen MR) is 101 cm³/mol. The zero-order chi connectivity index (χ0) is 19.7. The maximum atomic E-state index is 11.4. The van der Waals surface area contributed by atoms with E-state index in [9.17, 15) is 9.90 Å². The van der Waals surface area contributed by atoms with Crippen molar-refractivity contribution in [3.05, 3.63) is 23.8 Å². The van der Waals surface area contributed by atoms with Gasteiger partial charge in [0.25, 0.3) is 0 Å². The minimum Gasteiger partial charge on any atom is -0.493 e. The molecule has 0 aliphatic carbocycles. The van der Waals surface area contributed by atoms with Gasteiger partial charge in [-0.15, -0.1) is 0 Å². The first-order chi connectivity index (χ1) is 12.3. The second-order valence-corrected chi connectivity index (χ2v) is 6.73. The van der Waals surface area contributed by atoms with Gasteiger partial charge >= 0.3 is 5.97 Å². The molecule has 1 N–H and O–H groups in total. The van der Waals surface area contributed by atoms with Gasteiger partial charge in [0, 0.05) is 19.1 Å². The molecular formula is C19H32N2O5. The van der Waals surface area contributed by atoms with Gasteiger partial charge < -0.3 is 24.2 Å². The molecule has 0 spiro atoms. The Morgan fingerprint density at radius 1 is 1.19 bits per heavy atom. The lowest BCUT2D eigenvalue weighted by molar-refractivity contribution is -0.141. The minimum absolute atomic E-state index is 0.175. The molecule has 1 atom stereocenters. The van der Waals surface area contributed by atoms with Crippen LogP contribution in [0.5, 0.6) is 11.5 Å². The molecule has 148 valence electrons. The molecule has 0 bridgehead atoms. The van der Waals surface area contributed by atoms with E-state index in [1.54, 1.807) is 7.11 Å². The summed E-state index contributed by atoms with van der Waals surface area (Å²) in [6.45, 7) is 5.62. The van der Waals surface area contributed by atoms with Crippen LogP contribution in [0.2, 0.25) is 0 Å². The third-order valence-electron chi connectivity index (χ3n) is 4.12. The number of carbonyl (C=O) groups is 1. The molecule has 0 saturated carbocycles. The van der Waals surface area contributed by atoms with E-state index in [4.69, 9.17) is 9.47 Å². The normalized spacial score (nSPS) is 12.5. The van der Waals surface area contributed by atoms with Gasteiger partial charge in [-0.2, -0.15) is 0 Å². The highest BCUT2D eigenvalue weighted by Gasteiger charge is 2.14. The summed E-state index contributed by atoms with van der Waals surface area (Å²) in [4.78, 5) is 15.3. The summed E-state index contributed by atoms with van der Waals surface area (Å²) < 4.78 is 15.8. The summed E-state index contributed by atoms with van der Waals surface area (Å²) in [5, 5.41) is 10.2. The van der Waals surface area contributed by atoms with Crippen molar-refractivity contribution in [3.63, 3.8) is 0 Å². The third-order valence-corrected chi connectivity index (χ3v) is 4.12. The van der Waals surface area contributed by atoms with E-state index in [2.05, 4.69) is 23.5 Å². The number of esters is 1. The summed E-state index contributed by atoms with van der Waals surface area (Å²) in [5.41, 5.74) is 0.973. The van der Waals surface area contributed by atoms with Crippen molar-refractivity contribution in [3.8, 4) is 11.5 Å². The van der Waals surface area contributed by atoms with Gasteiger partial charge in [0.1, 0.15) is 12.7 Å². The third kappa shape index (κ3) is 7.59. The molecule has 7 heteroatoms. The fourth-order valence-corrected chi connectivity index (χ4v) is 2.37. The zero-order valence-electron chi connectivity index (χ0n) is 16.7. The van der Waals surface area contributed by atoms with Crippen molar-refractivity contribution in [2.24, 2.45) is 0 Å². The summed E-state index contributed by atoms with van der Waals surface area (Å²) in [6.07, 6.45) is -0.599. The Bertz CT molecular complexity index is 565. The summed E-state index contributed by atoms with van der Waals surface area (Å²) in [6, 6.07) is 5.96. The lowest BCUT2D eigenvalue weighted by Gasteiger charge is -2.24.